The Bertz CT molecular complexity index is 566. The third kappa shape index (κ3) is 3.45. The molecule has 3 nitrogen and oxygen atoms in total. The summed E-state index contributed by atoms with van der Waals surface area (Å²) in [4.78, 5) is 12.4. The number of aliphatic hydroxyl groups excluding tert-OH is 1. The molecule has 0 heterocycles. The van der Waals surface area contributed by atoms with Gasteiger partial charge in [0.1, 0.15) is 0 Å². The van der Waals surface area contributed by atoms with Gasteiger partial charge in [-0.3, -0.25) is 4.79 Å². The maximum absolute atomic E-state index is 12.4. The maximum atomic E-state index is 12.4. The number of hydrogen-bond acceptors (Lipinski definition) is 2. The molecule has 104 valence electrons. The zero-order valence-electron chi connectivity index (χ0n) is 11.5. The van der Waals surface area contributed by atoms with Gasteiger partial charge in [-0.2, -0.15) is 0 Å². The van der Waals surface area contributed by atoms with E-state index in [1.807, 2.05) is 55.5 Å². The van der Waals surface area contributed by atoms with E-state index in [1.165, 1.54) is 0 Å². The Morgan fingerprint density at radius 2 is 1.90 bits per heavy atom. The van der Waals surface area contributed by atoms with Crippen molar-refractivity contribution in [1.82, 2.24) is 0 Å². The first-order valence-corrected chi connectivity index (χ1v) is 6.80. The zero-order chi connectivity index (χ0) is 14.4. The minimum atomic E-state index is -0.158. The highest BCUT2D eigenvalue weighted by molar-refractivity contribution is 5.95. The number of aliphatic hydroxyl groups is 1. The Hall–Kier alpha value is -2.13. The highest BCUT2D eigenvalue weighted by Gasteiger charge is 2.18. The van der Waals surface area contributed by atoms with Gasteiger partial charge in [0, 0.05) is 5.69 Å². The molecular formula is C17H19NO2. The summed E-state index contributed by atoms with van der Waals surface area (Å²) in [5, 5.41) is 12.0. The van der Waals surface area contributed by atoms with Crippen molar-refractivity contribution in [2.75, 3.05) is 5.32 Å². The third-order valence-electron chi connectivity index (χ3n) is 3.30. The molecule has 2 N–H and O–H groups in total. The van der Waals surface area contributed by atoms with Crippen molar-refractivity contribution in [2.24, 2.45) is 0 Å². The summed E-state index contributed by atoms with van der Waals surface area (Å²) in [5.41, 5.74) is 2.53. The van der Waals surface area contributed by atoms with Crippen molar-refractivity contribution in [3.8, 4) is 0 Å². The van der Waals surface area contributed by atoms with E-state index in [0.717, 1.165) is 23.2 Å². The first-order chi connectivity index (χ1) is 9.74. The quantitative estimate of drug-likeness (QED) is 0.875. The van der Waals surface area contributed by atoms with Gasteiger partial charge in [-0.1, -0.05) is 49.4 Å². The number of amides is 1. The summed E-state index contributed by atoms with van der Waals surface area (Å²) in [6, 6.07) is 17.0. The first-order valence-electron chi connectivity index (χ1n) is 6.80. The number of hydrogen-bond donors (Lipinski definition) is 2. The lowest BCUT2D eigenvalue weighted by Gasteiger charge is -2.15. The lowest BCUT2D eigenvalue weighted by molar-refractivity contribution is -0.117. The standard InChI is InChI=1S/C17H19NO2/c1-2-16(14-8-4-3-5-9-14)17(20)18-15-10-6-7-13(11-15)12-19/h3-11,16,19H,2,12H2,1H3,(H,18,20). The van der Waals surface area contributed by atoms with E-state index in [0.29, 0.717) is 0 Å². The van der Waals surface area contributed by atoms with Crippen LogP contribution >= 0.6 is 0 Å². The van der Waals surface area contributed by atoms with Crippen LogP contribution in [0.1, 0.15) is 30.4 Å². The van der Waals surface area contributed by atoms with E-state index in [1.54, 1.807) is 6.07 Å². The van der Waals surface area contributed by atoms with Crippen molar-refractivity contribution in [3.05, 3.63) is 65.7 Å². The molecule has 0 aromatic heterocycles. The molecular weight excluding hydrogens is 250 g/mol. The van der Waals surface area contributed by atoms with E-state index in [9.17, 15) is 4.79 Å². The molecule has 2 aromatic carbocycles. The minimum absolute atomic E-state index is 0.0196. The van der Waals surface area contributed by atoms with E-state index in [2.05, 4.69) is 5.32 Å². The largest absolute Gasteiger partial charge is 0.392 e. The summed E-state index contributed by atoms with van der Waals surface area (Å²) < 4.78 is 0. The van der Waals surface area contributed by atoms with Gasteiger partial charge in [-0.25, -0.2) is 0 Å². The van der Waals surface area contributed by atoms with Gasteiger partial charge in [-0.05, 0) is 29.7 Å². The lowest BCUT2D eigenvalue weighted by atomic mass is 9.95. The summed E-state index contributed by atoms with van der Waals surface area (Å²) in [5.74, 6) is -0.178. The molecule has 1 atom stereocenters. The molecule has 0 fully saturated rings. The fourth-order valence-electron chi connectivity index (χ4n) is 2.23. The Morgan fingerprint density at radius 3 is 2.55 bits per heavy atom. The van der Waals surface area contributed by atoms with Crippen LogP contribution in [-0.2, 0) is 11.4 Å². The van der Waals surface area contributed by atoms with Crippen molar-refractivity contribution >= 4 is 11.6 Å². The Labute approximate surface area is 119 Å². The second-order valence-electron chi connectivity index (χ2n) is 4.72. The highest BCUT2D eigenvalue weighted by Crippen LogP contribution is 2.21. The topological polar surface area (TPSA) is 49.3 Å². The summed E-state index contributed by atoms with van der Waals surface area (Å²) in [6.07, 6.45) is 0.746. The van der Waals surface area contributed by atoms with E-state index >= 15 is 0 Å². The fourth-order valence-corrected chi connectivity index (χ4v) is 2.23. The Kier molecular flexibility index (Phi) is 4.91. The van der Waals surface area contributed by atoms with Crippen LogP contribution in [0.25, 0.3) is 0 Å². The average molecular weight is 269 g/mol. The zero-order valence-corrected chi connectivity index (χ0v) is 11.5. The average Bonchev–Trinajstić information content (AvgIpc) is 2.49. The van der Waals surface area contributed by atoms with Gasteiger partial charge in [-0.15, -0.1) is 0 Å². The predicted molar refractivity (Wildman–Crippen MR) is 80.5 cm³/mol. The number of anilines is 1. The van der Waals surface area contributed by atoms with Crippen molar-refractivity contribution < 1.29 is 9.90 Å². The highest BCUT2D eigenvalue weighted by atomic mass is 16.3. The molecule has 1 unspecified atom stereocenters. The van der Waals surface area contributed by atoms with E-state index < -0.39 is 0 Å². The van der Waals surface area contributed by atoms with Crippen molar-refractivity contribution in [3.63, 3.8) is 0 Å². The van der Waals surface area contributed by atoms with Crippen molar-refractivity contribution in [1.29, 1.82) is 0 Å². The molecule has 0 saturated carbocycles. The molecule has 0 spiro atoms. The van der Waals surface area contributed by atoms with Crippen LogP contribution in [0.15, 0.2) is 54.6 Å². The molecule has 0 radical (unpaired) electrons. The Balaban J connectivity index is 2.13. The molecule has 0 saturated heterocycles. The normalized spacial score (nSPS) is 11.9. The minimum Gasteiger partial charge on any atom is -0.392 e. The molecule has 0 aliphatic rings. The number of carbonyl (C=O) groups is 1. The van der Waals surface area contributed by atoms with Gasteiger partial charge in [0.05, 0.1) is 12.5 Å². The summed E-state index contributed by atoms with van der Waals surface area (Å²) in [6.45, 7) is 1.97. The SMILES string of the molecule is CCC(C(=O)Nc1cccc(CO)c1)c1ccccc1. The molecule has 1 amide bonds. The number of rotatable bonds is 5. The van der Waals surface area contributed by atoms with Gasteiger partial charge < -0.3 is 10.4 Å². The number of carbonyl (C=O) groups excluding carboxylic acids is 1. The summed E-state index contributed by atoms with van der Waals surface area (Å²) >= 11 is 0. The molecule has 20 heavy (non-hydrogen) atoms. The number of benzene rings is 2. The smallest absolute Gasteiger partial charge is 0.231 e. The van der Waals surface area contributed by atoms with Crippen LogP contribution in [0.4, 0.5) is 5.69 Å². The Morgan fingerprint density at radius 1 is 1.15 bits per heavy atom. The van der Waals surface area contributed by atoms with Gasteiger partial charge in [0.2, 0.25) is 5.91 Å². The maximum Gasteiger partial charge on any atom is 0.231 e. The van der Waals surface area contributed by atoms with Crippen LogP contribution in [0, 0.1) is 0 Å². The predicted octanol–water partition coefficient (Wildman–Crippen LogP) is 3.31. The molecule has 0 aliphatic heterocycles. The van der Waals surface area contributed by atoms with Crippen LogP contribution in [0.3, 0.4) is 0 Å². The van der Waals surface area contributed by atoms with Gasteiger partial charge in [0.15, 0.2) is 0 Å². The molecule has 3 heteroatoms. The molecule has 2 aromatic rings. The van der Waals surface area contributed by atoms with E-state index in [-0.39, 0.29) is 18.4 Å². The van der Waals surface area contributed by atoms with E-state index in [4.69, 9.17) is 5.11 Å². The lowest BCUT2D eigenvalue weighted by Crippen LogP contribution is -2.20. The van der Waals surface area contributed by atoms with Crippen LogP contribution in [-0.4, -0.2) is 11.0 Å². The van der Waals surface area contributed by atoms with Crippen LogP contribution in [0.2, 0.25) is 0 Å². The van der Waals surface area contributed by atoms with Crippen LogP contribution < -0.4 is 5.32 Å². The van der Waals surface area contributed by atoms with Crippen LogP contribution in [0.5, 0.6) is 0 Å². The summed E-state index contributed by atoms with van der Waals surface area (Å²) in [7, 11) is 0. The monoisotopic (exact) mass is 269 g/mol. The number of nitrogens with one attached hydrogen (secondary N) is 1. The molecule has 0 bridgehead atoms. The van der Waals surface area contributed by atoms with Crippen molar-refractivity contribution in [2.45, 2.75) is 25.9 Å². The third-order valence-corrected chi connectivity index (χ3v) is 3.30. The molecule has 2 rings (SSSR count). The fraction of sp³-hybridized carbons (Fsp3) is 0.235. The second kappa shape index (κ2) is 6.87. The molecule has 0 aliphatic carbocycles. The van der Waals surface area contributed by atoms with Gasteiger partial charge >= 0.3 is 0 Å². The second-order valence-corrected chi connectivity index (χ2v) is 4.72. The van der Waals surface area contributed by atoms with Gasteiger partial charge in [0.25, 0.3) is 0 Å². The first kappa shape index (κ1) is 14.3.